The first-order valence-corrected chi connectivity index (χ1v) is 12.4. The molecule has 2 aromatic heterocycles. The van der Waals surface area contributed by atoms with Crippen molar-refractivity contribution in [2.24, 2.45) is 5.92 Å². The Morgan fingerprint density at radius 3 is 2.70 bits per heavy atom. The van der Waals surface area contributed by atoms with Gasteiger partial charge >= 0.3 is 0 Å². The monoisotopic (exact) mass is 451 g/mol. The van der Waals surface area contributed by atoms with Crippen LogP contribution in [0.25, 0.3) is 0 Å². The Kier molecular flexibility index (Phi) is 5.94. The Bertz CT molecular complexity index is 1040. The van der Waals surface area contributed by atoms with E-state index >= 15 is 0 Å². The number of hydrogen-bond donors (Lipinski definition) is 2. The molecule has 0 unspecified atom stereocenters. The van der Waals surface area contributed by atoms with Crippen LogP contribution < -0.4 is 5.32 Å². The summed E-state index contributed by atoms with van der Waals surface area (Å²) in [7, 11) is -3.80. The number of sulfonamides is 1. The van der Waals surface area contributed by atoms with E-state index in [2.05, 4.69) is 15.3 Å². The van der Waals surface area contributed by atoms with Gasteiger partial charge in [-0.2, -0.15) is 4.31 Å². The average Bonchev–Trinajstić information content (AvgIpc) is 3.50. The summed E-state index contributed by atoms with van der Waals surface area (Å²) in [5.74, 6) is -0.839. The topological polar surface area (TPSA) is 115 Å². The molecule has 2 aliphatic heterocycles. The molecule has 1 atom stereocenters. The summed E-state index contributed by atoms with van der Waals surface area (Å²) in [5, 5.41) is 5.15. The van der Waals surface area contributed by atoms with E-state index in [1.807, 2.05) is 12.3 Å². The van der Waals surface area contributed by atoms with Gasteiger partial charge in [0.05, 0.1) is 11.6 Å². The van der Waals surface area contributed by atoms with E-state index in [9.17, 15) is 18.0 Å². The maximum absolute atomic E-state index is 13.1. The second kappa shape index (κ2) is 8.48. The molecule has 0 spiro atoms. The van der Waals surface area contributed by atoms with Gasteiger partial charge in [-0.15, -0.1) is 11.3 Å². The van der Waals surface area contributed by atoms with Gasteiger partial charge in [-0.3, -0.25) is 9.59 Å². The molecule has 2 N–H and O–H groups in total. The molecule has 30 heavy (non-hydrogen) atoms. The van der Waals surface area contributed by atoms with Gasteiger partial charge in [0.2, 0.25) is 15.9 Å². The zero-order valence-corrected chi connectivity index (χ0v) is 18.4. The predicted molar refractivity (Wildman–Crippen MR) is 113 cm³/mol. The molecule has 2 fully saturated rings. The van der Waals surface area contributed by atoms with E-state index < -0.39 is 15.9 Å². The number of carbonyl (C=O) groups excluding carboxylic acids is 2. The molecule has 11 heteroatoms. The van der Waals surface area contributed by atoms with Crippen LogP contribution in [0.2, 0.25) is 0 Å². The summed E-state index contributed by atoms with van der Waals surface area (Å²) in [6.07, 6.45) is 4.51. The summed E-state index contributed by atoms with van der Waals surface area (Å²) in [6.45, 7) is 3.70. The molecule has 4 heterocycles. The largest absolute Gasteiger partial charge is 0.356 e. The molecule has 162 valence electrons. The lowest BCUT2D eigenvalue weighted by atomic mass is 9.99. The summed E-state index contributed by atoms with van der Waals surface area (Å²) < 4.78 is 27.6. The Labute approximate surface area is 179 Å². The number of nitrogens with zero attached hydrogens (tertiary/aromatic N) is 3. The van der Waals surface area contributed by atoms with Gasteiger partial charge in [0.25, 0.3) is 5.91 Å². The summed E-state index contributed by atoms with van der Waals surface area (Å²) in [4.78, 5) is 33.9. The second-order valence-corrected chi connectivity index (χ2v) is 10.5. The standard InChI is InChI=1S/C19H25N5O4S2/c1-13-12-29-19(21-13)22-17(25)14-5-4-8-24(11-14)30(27,28)15-9-16(20-10-15)18(26)23-6-2-3-7-23/h9-10,12,14,20H,2-8,11H2,1H3,(H,21,22,25)/t14-/m0/s1. The van der Waals surface area contributed by atoms with E-state index in [-0.39, 0.29) is 28.9 Å². The molecule has 0 bridgehead atoms. The maximum Gasteiger partial charge on any atom is 0.270 e. The van der Waals surface area contributed by atoms with Gasteiger partial charge in [0.1, 0.15) is 10.6 Å². The number of aryl methyl sites for hydroxylation is 1. The van der Waals surface area contributed by atoms with Gasteiger partial charge in [-0.25, -0.2) is 13.4 Å². The number of rotatable bonds is 5. The zero-order chi connectivity index (χ0) is 21.3. The highest BCUT2D eigenvalue weighted by Gasteiger charge is 2.34. The Balaban J connectivity index is 1.44. The lowest BCUT2D eigenvalue weighted by Gasteiger charge is -2.30. The van der Waals surface area contributed by atoms with Crippen molar-refractivity contribution in [1.82, 2.24) is 19.2 Å². The SMILES string of the molecule is Cc1csc(NC(=O)[C@H]2CCCN(S(=O)(=O)c3c[nH]c(C(=O)N4CCCC4)c3)C2)n1. The maximum atomic E-state index is 13.1. The molecule has 0 saturated carbocycles. The van der Waals surface area contributed by atoms with Crippen molar-refractivity contribution in [2.75, 3.05) is 31.5 Å². The molecule has 0 radical (unpaired) electrons. The molecule has 9 nitrogen and oxygen atoms in total. The van der Waals surface area contributed by atoms with Crippen LogP contribution in [0.1, 0.15) is 41.9 Å². The molecular formula is C19H25N5O4S2. The Morgan fingerprint density at radius 1 is 1.23 bits per heavy atom. The fourth-order valence-electron chi connectivity index (χ4n) is 3.88. The first kappa shape index (κ1) is 21.0. The van der Waals surface area contributed by atoms with Gasteiger partial charge < -0.3 is 15.2 Å². The number of thiazole rings is 1. The quantitative estimate of drug-likeness (QED) is 0.722. The summed E-state index contributed by atoms with van der Waals surface area (Å²) in [5.41, 5.74) is 1.11. The van der Waals surface area contributed by atoms with Crippen LogP contribution in [0.5, 0.6) is 0 Å². The lowest BCUT2D eigenvalue weighted by molar-refractivity contribution is -0.120. The highest BCUT2D eigenvalue weighted by atomic mass is 32.2. The second-order valence-electron chi connectivity index (χ2n) is 7.73. The number of anilines is 1. The van der Waals surface area contributed by atoms with Crippen molar-refractivity contribution < 1.29 is 18.0 Å². The minimum Gasteiger partial charge on any atom is -0.356 e. The van der Waals surface area contributed by atoms with Gasteiger partial charge in [0, 0.05) is 37.8 Å². The molecule has 2 aromatic rings. The minimum absolute atomic E-state index is 0.0571. The fourth-order valence-corrected chi connectivity index (χ4v) is 6.09. The first-order chi connectivity index (χ1) is 14.3. The molecule has 2 aliphatic rings. The number of aromatic amines is 1. The molecule has 0 aromatic carbocycles. The van der Waals surface area contributed by atoms with Crippen molar-refractivity contribution in [3.63, 3.8) is 0 Å². The van der Waals surface area contributed by atoms with Crippen molar-refractivity contribution in [1.29, 1.82) is 0 Å². The van der Waals surface area contributed by atoms with E-state index in [0.717, 1.165) is 18.5 Å². The van der Waals surface area contributed by atoms with E-state index in [1.54, 1.807) is 4.90 Å². The van der Waals surface area contributed by atoms with Crippen LogP contribution in [0.15, 0.2) is 22.5 Å². The summed E-state index contributed by atoms with van der Waals surface area (Å²) in [6, 6.07) is 1.40. The van der Waals surface area contributed by atoms with Crippen LogP contribution in [-0.4, -0.2) is 65.6 Å². The number of nitrogens with one attached hydrogen (secondary N) is 2. The average molecular weight is 452 g/mol. The third kappa shape index (κ3) is 4.28. The first-order valence-electron chi connectivity index (χ1n) is 10.1. The van der Waals surface area contributed by atoms with Gasteiger partial charge in [-0.05, 0) is 38.7 Å². The highest BCUT2D eigenvalue weighted by molar-refractivity contribution is 7.89. The Morgan fingerprint density at radius 2 is 2.00 bits per heavy atom. The smallest absolute Gasteiger partial charge is 0.270 e. The molecular weight excluding hydrogens is 426 g/mol. The highest BCUT2D eigenvalue weighted by Crippen LogP contribution is 2.26. The number of hydrogen-bond acceptors (Lipinski definition) is 6. The van der Waals surface area contributed by atoms with Gasteiger partial charge in [-0.1, -0.05) is 0 Å². The normalized spacial score (nSPS) is 20.4. The van der Waals surface area contributed by atoms with Crippen molar-refractivity contribution in [2.45, 2.75) is 37.5 Å². The molecule has 0 aliphatic carbocycles. The number of aromatic nitrogens is 2. The third-order valence-electron chi connectivity index (χ3n) is 5.52. The molecule has 4 rings (SSSR count). The summed E-state index contributed by atoms with van der Waals surface area (Å²) >= 11 is 1.35. The van der Waals surface area contributed by atoms with Crippen molar-refractivity contribution in [3.8, 4) is 0 Å². The fraction of sp³-hybridized carbons (Fsp3) is 0.526. The zero-order valence-electron chi connectivity index (χ0n) is 16.8. The van der Waals surface area contributed by atoms with Crippen molar-refractivity contribution >= 4 is 38.3 Å². The number of H-pyrrole nitrogens is 1. The van der Waals surface area contributed by atoms with Crippen LogP contribution in [0, 0.1) is 12.8 Å². The minimum atomic E-state index is -3.80. The van der Waals surface area contributed by atoms with Crippen LogP contribution in [0.4, 0.5) is 5.13 Å². The number of piperidine rings is 1. The van der Waals surface area contributed by atoms with E-state index in [4.69, 9.17) is 0 Å². The molecule has 2 amide bonds. The number of likely N-dealkylation sites (tertiary alicyclic amines) is 1. The van der Waals surface area contributed by atoms with E-state index in [0.29, 0.717) is 37.6 Å². The molecule has 2 saturated heterocycles. The van der Waals surface area contributed by atoms with Crippen molar-refractivity contribution in [3.05, 3.63) is 29.0 Å². The number of carbonyl (C=O) groups is 2. The Hall–Kier alpha value is -2.24. The van der Waals surface area contributed by atoms with Gasteiger partial charge in [0.15, 0.2) is 5.13 Å². The predicted octanol–water partition coefficient (Wildman–Crippen LogP) is 2.06. The third-order valence-corrected chi connectivity index (χ3v) is 8.24. The van der Waals surface area contributed by atoms with Crippen LogP contribution >= 0.6 is 11.3 Å². The van der Waals surface area contributed by atoms with E-state index in [1.165, 1.54) is 27.9 Å². The van der Waals surface area contributed by atoms with Crippen LogP contribution in [-0.2, 0) is 14.8 Å². The number of amides is 2. The lowest BCUT2D eigenvalue weighted by Crippen LogP contribution is -2.43. The van der Waals surface area contributed by atoms with Crippen LogP contribution in [0.3, 0.4) is 0 Å².